The summed E-state index contributed by atoms with van der Waals surface area (Å²) in [5.41, 5.74) is 1.32. The van der Waals surface area contributed by atoms with Gasteiger partial charge < -0.3 is 19.7 Å². The average molecular weight is 373 g/mol. The van der Waals surface area contributed by atoms with Gasteiger partial charge in [-0.25, -0.2) is 0 Å². The van der Waals surface area contributed by atoms with Crippen molar-refractivity contribution < 1.29 is 19.2 Å². The minimum atomic E-state index is -0.514. The van der Waals surface area contributed by atoms with E-state index >= 15 is 0 Å². The van der Waals surface area contributed by atoms with E-state index in [1.807, 2.05) is 13.0 Å². The molecule has 2 aromatic rings. The second kappa shape index (κ2) is 8.88. The average Bonchev–Trinajstić information content (AvgIpc) is 2.67. The molecule has 0 aliphatic rings. The lowest BCUT2D eigenvalue weighted by Crippen LogP contribution is -2.26. The second-order valence-corrected chi connectivity index (χ2v) is 5.82. The first kappa shape index (κ1) is 20.0. The number of hydrogen-bond donors (Lipinski definition) is 1. The van der Waals surface area contributed by atoms with Crippen LogP contribution >= 0.6 is 0 Å². The number of carbonyl (C=O) groups excluding carboxylic acids is 1. The van der Waals surface area contributed by atoms with Crippen LogP contribution in [0.4, 0.5) is 11.4 Å². The third-order valence-corrected chi connectivity index (χ3v) is 4.01. The lowest BCUT2D eigenvalue weighted by molar-refractivity contribution is -0.384. The maximum Gasteiger partial charge on any atom is 0.293 e. The van der Waals surface area contributed by atoms with Crippen molar-refractivity contribution in [3.63, 3.8) is 0 Å². The first-order valence-electron chi connectivity index (χ1n) is 8.42. The molecule has 8 nitrogen and oxygen atoms in total. The lowest BCUT2D eigenvalue weighted by atomic mass is 10.1. The Morgan fingerprint density at radius 1 is 1.22 bits per heavy atom. The quantitative estimate of drug-likeness (QED) is 0.563. The number of hydrogen-bond acceptors (Lipinski definition) is 6. The van der Waals surface area contributed by atoms with Gasteiger partial charge in [0, 0.05) is 32.3 Å². The number of rotatable bonds is 8. The van der Waals surface area contributed by atoms with Gasteiger partial charge in [0.15, 0.2) is 11.5 Å². The number of nitrogens with zero attached hydrogens (tertiary/aromatic N) is 2. The molecule has 0 aliphatic heterocycles. The summed E-state index contributed by atoms with van der Waals surface area (Å²) in [6, 6.07) is 9.83. The molecule has 0 spiro atoms. The molecule has 144 valence electrons. The summed E-state index contributed by atoms with van der Waals surface area (Å²) >= 11 is 0. The normalized spacial score (nSPS) is 10.2. The van der Waals surface area contributed by atoms with Crippen molar-refractivity contribution in [3.05, 3.63) is 57.6 Å². The number of nitro benzene ring substituents is 1. The van der Waals surface area contributed by atoms with Crippen LogP contribution in [-0.2, 0) is 6.54 Å². The number of amides is 1. The summed E-state index contributed by atoms with van der Waals surface area (Å²) in [6.45, 7) is 2.73. The lowest BCUT2D eigenvalue weighted by Gasteiger charge is -2.19. The van der Waals surface area contributed by atoms with Gasteiger partial charge in [-0.2, -0.15) is 0 Å². The van der Waals surface area contributed by atoms with Gasteiger partial charge in [0.05, 0.1) is 18.6 Å². The van der Waals surface area contributed by atoms with Crippen LogP contribution in [0.1, 0.15) is 22.8 Å². The number of methoxy groups -OCH3 is 1. The molecule has 0 aromatic heterocycles. The Hall–Kier alpha value is -3.29. The van der Waals surface area contributed by atoms with E-state index in [0.29, 0.717) is 30.3 Å². The summed E-state index contributed by atoms with van der Waals surface area (Å²) in [4.78, 5) is 24.8. The Balaban J connectivity index is 2.21. The highest BCUT2D eigenvalue weighted by molar-refractivity contribution is 5.95. The van der Waals surface area contributed by atoms with E-state index in [2.05, 4.69) is 5.32 Å². The fraction of sp³-hybridized carbons (Fsp3) is 0.316. The number of ether oxygens (including phenoxy) is 2. The fourth-order valence-corrected chi connectivity index (χ4v) is 2.68. The third-order valence-electron chi connectivity index (χ3n) is 4.01. The number of anilines is 1. The van der Waals surface area contributed by atoms with Crippen LogP contribution in [0.15, 0.2) is 36.4 Å². The molecule has 8 heteroatoms. The smallest absolute Gasteiger partial charge is 0.293 e. The van der Waals surface area contributed by atoms with Crippen LogP contribution < -0.4 is 14.8 Å². The van der Waals surface area contributed by atoms with Crippen molar-refractivity contribution in [3.8, 4) is 11.5 Å². The van der Waals surface area contributed by atoms with Crippen molar-refractivity contribution in [2.24, 2.45) is 0 Å². The highest BCUT2D eigenvalue weighted by Gasteiger charge is 2.19. The molecule has 1 amide bonds. The molecule has 0 aliphatic carbocycles. The maximum absolute atomic E-state index is 12.7. The Morgan fingerprint density at radius 2 is 1.96 bits per heavy atom. The molecule has 2 aromatic carbocycles. The number of benzene rings is 2. The molecule has 0 heterocycles. The summed E-state index contributed by atoms with van der Waals surface area (Å²) in [5, 5.41) is 13.9. The fourth-order valence-electron chi connectivity index (χ4n) is 2.68. The van der Waals surface area contributed by atoms with E-state index in [1.54, 1.807) is 39.4 Å². The summed E-state index contributed by atoms with van der Waals surface area (Å²) in [7, 11) is 4.79. The van der Waals surface area contributed by atoms with E-state index in [0.717, 1.165) is 5.56 Å². The first-order valence-corrected chi connectivity index (χ1v) is 8.42. The topological polar surface area (TPSA) is 93.9 Å². The van der Waals surface area contributed by atoms with Crippen molar-refractivity contribution in [1.29, 1.82) is 0 Å². The van der Waals surface area contributed by atoms with Crippen LogP contribution in [0.2, 0.25) is 0 Å². The van der Waals surface area contributed by atoms with Gasteiger partial charge in [-0.15, -0.1) is 0 Å². The zero-order valence-electron chi connectivity index (χ0n) is 15.8. The van der Waals surface area contributed by atoms with Crippen molar-refractivity contribution in [2.45, 2.75) is 13.5 Å². The Labute approximate surface area is 157 Å². The Bertz CT molecular complexity index is 838. The van der Waals surface area contributed by atoms with Gasteiger partial charge in [-0.3, -0.25) is 14.9 Å². The molecule has 0 saturated carbocycles. The van der Waals surface area contributed by atoms with Gasteiger partial charge >= 0.3 is 0 Å². The maximum atomic E-state index is 12.7. The monoisotopic (exact) mass is 373 g/mol. The van der Waals surface area contributed by atoms with Crippen LogP contribution in [0.5, 0.6) is 11.5 Å². The summed E-state index contributed by atoms with van der Waals surface area (Å²) in [5.74, 6) is 0.911. The molecule has 0 atom stereocenters. The zero-order valence-corrected chi connectivity index (χ0v) is 15.8. The van der Waals surface area contributed by atoms with E-state index in [-0.39, 0.29) is 17.2 Å². The Kier molecular flexibility index (Phi) is 6.59. The van der Waals surface area contributed by atoms with Gasteiger partial charge in [-0.05, 0) is 36.8 Å². The first-order chi connectivity index (χ1) is 12.9. The number of carbonyl (C=O) groups is 1. The molecule has 0 radical (unpaired) electrons. The molecule has 0 bridgehead atoms. The van der Waals surface area contributed by atoms with E-state index in [9.17, 15) is 14.9 Å². The van der Waals surface area contributed by atoms with Crippen LogP contribution in [0.3, 0.4) is 0 Å². The van der Waals surface area contributed by atoms with E-state index in [1.165, 1.54) is 17.0 Å². The molecule has 0 fully saturated rings. The van der Waals surface area contributed by atoms with E-state index in [4.69, 9.17) is 9.47 Å². The Morgan fingerprint density at radius 3 is 2.56 bits per heavy atom. The van der Waals surface area contributed by atoms with Crippen LogP contribution in [0.25, 0.3) is 0 Å². The predicted molar refractivity (Wildman–Crippen MR) is 103 cm³/mol. The van der Waals surface area contributed by atoms with Crippen molar-refractivity contribution in [2.75, 3.05) is 33.1 Å². The minimum absolute atomic E-state index is 0.139. The predicted octanol–water partition coefficient (Wildman–Crippen LogP) is 3.32. The van der Waals surface area contributed by atoms with Crippen LogP contribution in [-0.4, -0.2) is 43.5 Å². The molecule has 0 saturated heterocycles. The molecule has 0 unspecified atom stereocenters. The van der Waals surface area contributed by atoms with Gasteiger partial charge in [0.1, 0.15) is 5.69 Å². The van der Waals surface area contributed by atoms with Crippen molar-refractivity contribution in [1.82, 2.24) is 4.90 Å². The van der Waals surface area contributed by atoms with E-state index < -0.39 is 4.92 Å². The molecular formula is C19H23N3O5. The standard InChI is InChI=1S/C19H23N3O5/c1-5-27-17-9-6-13(10-18(17)26-4)12-21(3)19(23)14-7-8-15(20-2)16(11-14)22(24)25/h6-11,20H,5,12H2,1-4H3. The SMILES string of the molecule is CCOc1ccc(CN(C)C(=O)c2ccc(NC)c([N+](=O)[O-])c2)cc1OC. The van der Waals surface area contributed by atoms with Gasteiger partial charge in [0.25, 0.3) is 11.6 Å². The minimum Gasteiger partial charge on any atom is -0.493 e. The van der Waals surface area contributed by atoms with Crippen molar-refractivity contribution >= 4 is 17.3 Å². The highest BCUT2D eigenvalue weighted by Crippen LogP contribution is 2.29. The van der Waals surface area contributed by atoms with Gasteiger partial charge in [0.2, 0.25) is 0 Å². The largest absolute Gasteiger partial charge is 0.493 e. The second-order valence-electron chi connectivity index (χ2n) is 5.82. The number of nitro groups is 1. The molecule has 1 N–H and O–H groups in total. The zero-order chi connectivity index (χ0) is 20.0. The highest BCUT2D eigenvalue weighted by atomic mass is 16.6. The molecule has 27 heavy (non-hydrogen) atoms. The third kappa shape index (κ3) is 4.66. The molecular weight excluding hydrogens is 350 g/mol. The summed E-state index contributed by atoms with van der Waals surface area (Å²) < 4.78 is 10.8. The summed E-state index contributed by atoms with van der Waals surface area (Å²) in [6.07, 6.45) is 0. The molecule has 2 rings (SSSR count). The van der Waals surface area contributed by atoms with Gasteiger partial charge in [-0.1, -0.05) is 6.07 Å². The van der Waals surface area contributed by atoms with Crippen LogP contribution in [0, 0.1) is 10.1 Å². The number of nitrogens with one attached hydrogen (secondary N) is 1.